The van der Waals surface area contributed by atoms with Crippen molar-refractivity contribution in [3.8, 4) is 11.5 Å². The second-order valence-corrected chi connectivity index (χ2v) is 8.34. The number of ether oxygens (including phenoxy) is 2. The molecule has 0 aliphatic carbocycles. The van der Waals surface area contributed by atoms with Gasteiger partial charge in [-0.1, -0.05) is 36.2 Å². The molecular formula is C24H28ClN3O3. The predicted octanol–water partition coefficient (Wildman–Crippen LogP) is 4.52. The Labute approximate surface area is 188 Å². The molecule has 164 valence electrons. The largest absolute Gasteiger partial charge is 0.497 e. The molecule has 31 heavy (non-hydrogen) atoms. The van der Waals surface area contributed by atoms with Crippen molar-refractivity contribution in [3.63, 3.8) is 0 Å². The molecule has 2 heterocycles. The first-order valence-corrected chi connectivity index (χ1v) is 11.1. The fourth-order valence-corrected chi connectivity index (χ4v) is 4.57. The molecule has 1 fully saturated rings. The zero-order chi connectivity index (χ0) is 21.8. The van der Waals surface area contributed by atoms with Crippen molar-refractivity contribution in [3.05, 3.63) is 58.6 Å². The molecule has 0 unspecified atom stereocenters. The summed E-state index contributed by atoms with van der Waals surface area (Å²) in [7, 11) is 3.24. The molecule has 0 radical (unpaired) electrons. The summed E-state index contributed by atoms with van der Waals surface area (Å²) in [5.41, 5.74) is 2.56. The maximum absolute atomic E-state index is 13.3. The fourth-order valence-electron chi connectivity index (χ4n) is 4.31. The molecule has 2 aliphatic heterocycles. The number of rotatable bonds is 6. The Morgan fingerprint density at radius 3 is 2.58 bits per heavy atom. The van der Waals surface area contributed by atoms with Gasteiger partial charge < -0.3 is 9.47 Å². The molecule has 0 bridgehead atoms. The lowest BCUT2D eigenvalue weighted by Gasteiger charge is -2.29. The van der Waals surface area contributed by atoms with E-state index in [1.165, 1.54) is 6.42 Å². The number of piperidine rings is 1. The van der Waals surface area contributed by atoms with Gasteiger partial charge in [0.15, 0.2) is 0 Å². The summed E-state index contributed by atoms with van der Waals surface area (Å²) in [4.78, 5) is 15.5. The third-order valence-corrected chi connectivity index (χ3v) is 6.30. The Bertz CT molecular complexity index is 972. The number of carbonyl (C=O) groups is 1. The first kappa shape index (κ1) is 21.7. The van der Waals surface area contributed by atoms with E-state index >= 15 is 0 Å². The van der Waals surface area contributed by atoms with Crippen LogP contribution in [0.5, 0.6) is 11.5 Å². The van der Waals surface area contributed by atoms with Crippen LogP contribution in [-0.4, -0.2) is 55.4 Å². The van der Waals surface area contributed by atoms with E-state index in [0.29, 0.717) is 29.5 Å². The van der Waals surface area contributed by atoms with Crippen molar-refractivity contribution in [2.24, 2.45) is 5.10 Å². The molecule has 1 saturated heterocycles. The zero-order valence-electron chi connectivity index (χ0n) is 18.0. The number of methoxy groups -OCH3 is 2. The van der Waals surface area contributed by atoms with Crippen LogP contribution in [0, 0.1) is 0 Å². The van der Waals surface area contributed by atoms with E-state index in [1.54, 1.807) is 19.2 Å². The van der Waals surface area contributed by atoms with Gasteiger partial charge in [-0.05, 0) is 49.7 Å². The number of nitrogens with zero attached hydrogens (tertiary/aromatic N) is 3. The van der Waals surface area contributed by atoms with E-state index in [4.69, 9.17) is 26.2 Å². The van der Waals surface area contributed by atoms with Gasteiger partial charge in [0.2, 0.25) is 0 Å². The van der Waals surface area contributed by atoms with Gasteiger partial charge in [-0.25, -0.2) is 5.01 Å². The van der Waals surface area contributed by atoms with E-state index in [9.17, 15) is 4.79 Å². The third-order valence-electron chi connectivity index (χ3n) is 5.96. The van der Waals surface area contributed by atoms with Gasteiger partial charge in [-0.3, -0.25) is 9.69 Å². The molecule has 0 spiro atoms. The molecule has 4 rings (SSSR count). The number of likely N-dealkylation sites (tertiary alicyclic amines) is 1. The van der Waals surface area contributed by atoms with Crippen LogP contribution < -0.4 is 9.47 Å². The second kappa shape index (κ2) is 9.71. The van der Waals surface area contributed by atoms with Gasteiger partial charge in [0, 0.05) is 23.1 Å². The lowest BCUT2D eigenvalue weighted by molar-refractivity contribution is -0.134. The molecule has 0 aromatic heterocycles. The lowest BCUT2D eigenvalue weighted by Crippen LogP contribution is -2.40. The van der Waals surface area contributed by atoms with Crippen LogP contribution >= 0.6 is 11.6 Å². The van der Waals surface area contributed by atoms with Crippen LogP contribution in [0.2, 0.25) is 5.02 Å². The first-order chi connectivity index (χ1) is 15.1. The normalized spacial score (nSPS) is 19.3. The number of hydrazone groups is 1. The van der Waals surface area contributed by atoms with E-state index in [-0.39, 0.29) is 11.9 Å². The van der Waals surface area contributed by atoms with Gasteiger partial charge in [0.25, 0.3) is 5.91 Å². The van der Waals surface area contributed by atoms with Crippen LogP contribution in [0.4, 0.5) is 0 Å². The van der Waals surface area contributed by atoms with Crippen molar-refractivity contribution in [2.45, 2.75) is 31.7 Å². The third kappa shape index (κ3) is 4.70. The molecule has 6 nitrogen and oxygen atoms in total. The zero-order valence-corrected chi connectivity index (χ0v) is 18.8. The quantitative estimate of drug-likeness (QED) is 0.661. The Kier molecular flexibility index (Phi) is 6.78. The van der Waals surface area contributed by atoms with Crippen molar-refractivity contribution < 1.29 is 14.3 Å². The summed E-state index contributed by atoms with van der Waals surface area (Å²) in [6, 6.07) is 13.1. The standard InChI is InChI=1S/C24H28ClN3O3/c1-30-17-10-11-19(23(14-17)31-2)21-15-22(18-8-4-5-9-20(18)25)28(26-21)24(29)16-27-12-6-3-7-13-27/h4-5,8-11,14,22H,3,6-7,12-13,15-16H2,1-2H3/t22-/m1/s1. The number of amides is 1. The minimum Gasteiger partial charge on any atom is -0.497 e. The van der Waals surface area contributed by atoms with Gasteiger partial charge in [0.1, 0.15) is 11.5 Å². The van der Waals surface area contributed by atoms with Crippen LogP contribution in [0.3, 0.4) is 0 Å². The molecular weight excluding hydrogens is 414 g/mol. The van der Waals surface area contributed by atoms with Crippen LogP contribution in [0.1, 0.15) is 42.9 Å². The summed E-state index contributed by atoms with van der Waals surface area (Å²) < 4.78 is 10.9. The maximum Gasteiger partial charge on any atom is 0.257 e. The van der Waals surface area contributed by atoms with Crippen LogP contribution in [0.15, 0.2) is 47.6 Å². The van der Waals surface area contributed by atoms with Gasteiger partial charge >= 0.3 is 0 Å². The Balaban J connectivity index is 1.66. The first-order valence-electron chi connectivity index (χ1n) is 10.7. The molecule has 2 aromatic rings. The Hall–Kier alpha value is -2.57. The van der Waals surface area contributed by atoms with Gasteiger partial charge in [-0.2, -0.15) is 5.10 Å². The van der Waals surface area contributed by atoms with Crippen molar-refractivity contribution in [2.75, 3.05) is 33.9 Å². The highest BCUT2D eigenvalue weighted by atomic mass is 35.5. The highest BCUT2D eigenvalue weighted by Gasteiger charge is 2.35. The smallest absolute Gasteiger partial charge is 0.257 e. The summed E-state index contributed by atoms with van der Waals surface area (Å²) in [5.74, 6) is 1.37. The summed E-state index contributed by atoms with van der Waals surface area (Å²) >= 11 is 6.52. The highest BCUT2D eigenvalue weighted by molar-refractivity contribution is 6.31. The Morgan fingerprint density at radius 2 is 1.87 bits per heavy atom. The fraction of sp³-hybridized carbons (Fsp3) is 0.417. The molecule has 7 heteroatoms. The van der Waals surface area contributed by atoms with Crippen molar-refractivity contribution in [1.82, 2.24) is 9.91 Å². The van der Waals surface area contributed by atoms with Crippen molar-refractivity contribution >= 4 is 23.2 Å². The monoisotopic (exact) mass is 441 g/mol. The lowest BCUT2D eigenvalue weighted by atomic mass is 9.97. The van der Waals surface area contributed by atoms with Gasteiger partial charge in [0.05, 0.1) is 32.5 Å². The van der Waals surface area contributed by atoms with Crippen LogP contribution in [-0.2, 0) is 4.79 Å². The molecule has 2 aliphatic rings. The molecule has 2 aromatic carbocycles. The summed E-state index contributed by atoms with van der Waals surface area (Å²) in [6.45, 7) is 2.29. The SMILES string of the molecule is COc1ccc(C2=NN(C(=O)CN3CCCCC3)[C@@H](c3ccccc3Cl)C2)c(OC)c1. The molecule has 1 atom stereocenters. The number of halogens is 1. The van der Waals surface area contributed by atoms with E-state index in [2.05, 4.69) is 4.90 Å². The van der Waals surface area contributed by atoms with Crippen molar-refractivity contribution in [1.29, 1.82) is 0 Å². The molecule has 0 saturated carbocycles. The topological polar surface area (TPSA) is 54.4 Å². The predicted molar refractivity (Wildman–Crippen MR) is 122 cm³/mol. The van der Waals surface area contributed by atoms with E-state index < -0.39 is 0 Å². The van der Waals surface area contributed by atoms with E-state index in [1.807, 2.05) is 42.5 Å². The number of benzene rings is 2. The Morgan fingerprint density at radius 1 is 1.10 bits per heavy atom. The average molecular weight is 442 g/mol. The number of hydrogen-bond acceptors (Lipinski definition) is 5. The minimum absolute atomic E-state index is 0.00528. The number of hydrogen-bond donors (Lipinski definition) is 0. The van der Waals surface area contributed by atoms with E-state index in [0.717, 1.165) is 42.8 Å². The van der Waals surface area contributed by atoms with Crippen LogP contribution in [0.25, 0.3) is 0 Å². The summed E-state index contributed by atoms with van der Waals surface area (Å²) in [5, 5.41) is 7.04. The average Bonchev–Trinajstić information content (AvgIpc) is 3.24. The van der Waals surface area contributed by atoms with Gasteiger partial charge in [-0.15, -0.1) is 0 Å². The molecule has 0 N–H and O–H groups in total. The number of carbonyl (C=O) groups excluding carboxylic acids is 1. The second-order valence-electron chi connectivity index (χ2n) is 7.93. The maximum atomic E-state index is 13.3. The summed E-state index contributed by atoms with van der Waals surface area (Å²) in [6.07, 6.45) is 4.08. The highest BCUT2D eigenvalue weighted by Crippen LogP contribution is 2.38. The molecule has 1 amide bonds. The minimum atomic E-state index is -0.243.